The van der Waals surface area contributed by atoms with Gasteiger partial charge in [0.2, 0.25) is 0 Å². The highest BCUT2D eigenvalue weighted by Gasteiger charge is 2.17. The predicted molar refractivity (Wildman–Crippen MR) is 59.4 cm³/mol. The van der Waals surface area contributed by atoms with Crippen molar-refractivity contribution in [2.45, 2.75) is 0 Å². The van der Waals surface area contributed by atoms with Crippen molar-refractivity contribution < 1.29 is 23.5 Å². The average molecular weight is 259 g/mol. The summed E-state index contributed by atoms with van der Waals surface area (Å²) in [5.41, 5.74) is 3.87. The number of anilines is 1. The van der Waals surface area contributed by atoms with Gasteiger partial charge >= 0.3 is 12.0 Å². The number of carbonyl (C=O) groups excluding carboxylic acids is 1. The van der Waals surface area contributed by atoms with E-state index in [1.165, 1.54) is 0 Å². The van der Waals surface area contributed by atoms with E-state index >= 15 is 0 Å². The number of nitrogens with one attached hydrogen (secondary N) is 2. The predicted octanol–water partition coefficient (Wildman–Crippen LogP) is 0.743. The van der Waals surface area contributed by atoms with Gasteiger partial charge in [0.1, 0.15) is 0 Å². The van der Waals surface area contributed by atoms with Crippen molar-refractivity contribution in [3.63, 3.8) is 0 Å². The first kappa shape index (κ1) is 13.7. The average Bonchev–Trinajstić information content (AvgIpc) is 2.29. The molecule has 1 aromatic rings. The molecule has 5 N–H and O–H groups in total. The minimum atomic E-state index is -1.55. The summed E-state index contributed by atoms with van der Waals surface area (Å²) < 4.78 is 26.7. The van der Waals surface area contributed by atoms with Crippen LogP contribution in [-0.4, -0.2) is 30.2 Å². The summed E-state index contributed by atoms with van der Waals surface area (Å²) in [7, 11) is 0. The van der Waals surface area contributed by atoms with E-state index in [-0.39, 0.29) is 18.8 Å². The van der Waals surface area contributed by atoms with Crippen LogP contribution in [0, 0.1) is 11.6 Å². The number of carbonyl (C=O) groups is 2. The van der Waals surface area contributed by atoms with Crippen LogP contribution >= 0.6 is 0 Å². The van der Waals surface area contributed by atoms with Crippen LogP contribution in [0.5, 0.6) is 0 Å². The van der Waals surface area contributed by atoms with Crippen molar-refractivity contribution in [1.29, 1.82) is 0 Å². The Morgan fingerprint density at radius 3 is 2.44 bits per heavy atom. The summed E-state index contributed by atoms with van der Waals surface area (Å²) in [6, 6.07) is 1.32. The molecule has 1 rings (SSSR count). The molecule has 0 aliphatic heterocycles. The number of benzene rings is 1. The van der Waals surface area contributed by atoms with Crippen molar-refractivity contribution in [3.8, 4) is 0 Å². The molecule has 0 unspecified atom stereocenters. The molecule has 0 bridgehead atoms. The quantitative estimate of drug-likeness (QED) is 0.585. The maximum absolute atomic E-state index is 13.4. The molecule has 18 heavy (non-hydrogen) atoms. The molecule has 0 fully saturated rings. The van der Waals surface area contributed by atoms with Crippen LogP contribution in [-0.2, 0) is 0 Å². The van der Waals surface area contributed by atoms with Crippen LogP contribution in [0.2, 0.25) is 0 Å². The summed E-state index contributed by atoms with van der Waals surface area (Å²) >= 11 is 0. The number of hydrogen-bond acceptors (Lipinski definition) is 3. The smallest absolute Gasteiger partial charge is 0.338 e. The minimum Gasteiger partial charge on any atom is -0.478 e. The Morgan fingerprint density at radius 2 is 1.89 bits per heavy atom. The zero-order chi connectivity index (χ0) is 13.7. The van der Waals surface area contributed by atoms with Gasteiger partial charge in [-0.05, 0) is 12.1 Å². The zero-order valence-corrected chi connectivity index (χ0v) is 9.17. The lowest BCUT2D eigenvalue weighted by atomic mass is 10.2. The summed E-state index contributed by atoms with van der Waals surface area (Å²) in [6.07, 6.45) is 0. The summed E-state index contributed by atoms with van der Waals surface area (Å²) in [6.45, 7) is 0.239. The SMILES string of the molecule is NC(=O)NCCNc1ccc(C(=O)O)c(F)c1F. The molecule has 0 radical (unpaired) electrons. The molecule has 6 nitrogen and oxygen atoms in total. The van der Waals surface area contributed by atoms with Crippen LogP contribution in [0.15, 0.2) is 12.1 Å². The lowest BCUT2D eigenvalue weighted by molar-refractivity contribution is 0.0690. The molecule has 0 heterocycles. The molecule has 0 aliphatic carbocycles. The van der Waals surface area contributed by atoms with E-state index in [1.54, 1.807) is 0 Å². The molecule has 98 valence electrons. The van der Waals surface area contributed by atoms with E-state index < -0.39 is 29.2 Å². The fraction of sp³-hybridized carbons (Fsp3) is 0.200. The number of carboxylic acids is 1. The number of halogens is 2. The Labute approximate surface area is 101 Å². The molecule has 0 aromatic heterocycles. The maximum atomic E-state index is 13.4. The van der Waals surface area contributed by atoms with E-state index in [1.807, 2.05) is 0 Å². The third kappa shape index (κ3) is 3.30. The van der Waals surface area contributed by atoms with Crippen LogP contribution in [0.25, 0.3) is 0 Å². The second kappa shape index (κ2) is 5.80. The Balaban J connectivity index is 2.71. The molecule has 0 saturated heterocycles. The number of carboxylic acid groups (broad SMARTS) is 1. The molecule has 0 atom stereocenters. The molecular weight excluding hydrogens is 248 g/mol. The van der Waals surface area contributed by atoms with Crippen molar-refractivity contribution in [2.75, 3.05) is 18.4 Å². The van der Waals surface area contributed by atoms with Gasteiger partial charge in [-0.15, -0.1) is 0 Å². The number of nitrogens with two attached hydrogens (primary N) is 1. The first-order valence-electron chi connectivity index (χ1n) is 4.92. The van der Waals surface area contributed by atoms with Gasteiger partial charge in [-0.2, -0.15) is 0 Å². The normalized spacial score (nSPS) is 9.89. The zero-order valence-electron chi connectivity index (χ0n) is 9.17. The van der Waals surface area contributed by atoms with E-state index in [9.17, 15) is 18.4 Å². The molecule has 8 heteroatoms. The molecule has 0 spiro atoms. The standard InChI is InChI=1S/C10H11F2N3O3/c11-7-5(9(16)17)1-2-6(8(7)12)14-3-4-15-10(13)18/h1-2,14H,3-4H2,(H,16,17)(H3,13,15,18). The first-order valence-corrected chi connectivity index (χ1v) is 4.92. The molecular formula is C10H11F2N3O3. The van der Waals surface area contributed by atoms with Gasteiger partial charge in [0, 0.05) is 13.1 Å². The van der Waals surface area contributed by atoms with Crippen LogP contribution < -0.4 is 16.4 Å². The van der Waals surface area contributed by atoms with Crippen LogP contribution in [0.3, 0.4) is 0 Å². The fourth-order valence-corrected chi connectivity index (χ4v) is 1.23. The Hall–Kier alpha value is -2.38. The Bertz CT molecular complexity index is 480. The highest BCUT2D eigenvalue weighted by molar-refractivity contribution is 5.88. The van der Waals surface area contributed by atoms with E-state index in [0.717, 1.165) is 12.1 Å². The monoisotopic (exact) mass is 259 g/mol. The minimum absolute atomic E-state index is 0.117. The van der Waals surface area contributed by atoms with Gasteiger partial charge in [-0.25, -0.2) is 18.4 Å². The fourth-order valence-electron chi connectivity index (χ4n) is 1.23. The molecule has 1 aromatic carbocycles. The van der Waals surface area contributed by atoms with Gasteiger partial charge in [-0.1, -0.05) is 0 Å². The second-order valence-electron chi connectivity index (χ2n) is 3.31. The second-order valence-corrected chi connectivity index (χ2v) is 3.31. The van der Waals surface area contributed by atoms with Crippen LogP contribution in [0.1, 0.15) is 10.4 Å². The van der Waals surface area contributed by atoms with E-state index in [4.69, 9.17) is 10.8 Å². The number of primary amides is 1. The highest BCUT2D eigenvalue weighted by Crippen LogP contribution is 2.20. The summed E-state index contributed by atoms with van der Waals surface area (Å²) in [4.78, 5) is 20.9. The number of urea groups is 1. The molecule has 0 aliphatic rings. The Kier molecular flexibility index (Phi) is 4.41. The molecule has 2 amide bonds. The van der Waals surface area contributed by atoms with E-state index in [2.05, 4.69) is 10.6 Å². The number of rotatable bonds is 5. The van der Waals surface area contributed by atoms with Gasteiger partial charge in [0.15, 0.2) is 11.6 Å². The largest absolute Gasteiger partial charge is 0.478 e. The van der Waals surface area contributed by atoms with Crippen LogP contribution in [0.4, 0.5) is 19.3 Å². The summed E-state index contributed by atoms with van der Waals surface area (Å²) in [5, 5.41) is 13.3. The first-order chi connectivity index (χ1) is 8.43. The third-order valence-electron chi connectivity index (χ3n) is 2.05. The lowest BCUT2D eigenvalue weighted by Gasteiger charge is -2.09. The number of aromatic carboxylic acids is 1. The lowest BCUT2D eigenvalue weighted by Crippen LogP contribution is -2.33. The van der Waals surface area contributed by atoms with Gasteiger partial charge in [0.05, 0.1) is 11.3 Å². The van der Waals surface area contributed by atoms with Gasteiger partial charge in [-0.3, -0.25) is 0 Å². The van der Waals surface area contributed by atoms with Crippen molar-refractivity contribution in [2.24, 2.45) is 5.73 Å². The highest BCUT2D eigenvalue weighted by atomic mass is 19.2. The van der Waals surface area contributed by atoms with Gasteiger partial charge in [0.25, 0.3) is 0 Å². The summed E-state index contributed by atoms with van der Waals surface area (Å²) in [5.74, 6) is -4.27. The third-order valence-corrected chi connectivity index (χ3v) is 2.05. The van der Waals surface area contributed by atoms with Crippen molar-refractivity contribution >= 4 is 17.7 Å². The van der Waals surface area contributed by atoms with Gasteiger partial charge < -0.3 is 21.5 Å². The number of hydrogen-bond donors (Lipinski definition) is 4. The van der Waals surface area contributed by atoms with Crippen molar-refractivity contribution in [1.82, 2.24) is 5.32 Å². The number of amides is 2. The maximum Gasteiger partial charge on any atom is 0.338 e. The van der Waals surface area contributed by atoms with E-state index in [0.29, 0.717) is 0 Å². The topological polar surface area (TPSA) is 104 Å². The Morgan fingerprint density at radius 1 is 1.22 bits per heavy atom. The molecule has 0 saturated carbocycles. The van der Waals surface area contributed by atoms with Crippen molar-refractivity contribution in [3.05, 3.63) is 29.3 Å².